The van der Waals surface area contributed by atoms with Gasteiger partial charge in [0.05, 0.1) is 0 Å². The van der Waals surface area contributed by atoms with Crippen molar-refractivity contribution in [2.75, 3.05) is 11.9 Å². The van der Waals surface area contributed by atoms with E-state index in [9.17, 15) is 0 Å². The Hall–Kier alpha value is -3.00. The van der Waals surface area contributed by atoms with Crippen LogP contribution in [-0.4, -0.2) is 11.4 Å². The second-order valence-corrected chi connectivity index (χ2v) is 7.58. The van der Waals surface area contributed by atoms with Gasteiger partial charge >= 0.3 is 0 Å². The van der Waals surface area contributed by atoms with Crippen molar-refractivity contribution in [2.24, 2.45) is 0 Å². The summed E-state index contributed by atoms with van der Waals surface area (Å²) in [5.41, 5.74) is 8.53. The number of aryl methyl sites for hydroxylation is 1. The predicted molar refractivity (Wildman–Crippen MR) is 127 cm³/mol. The number of anilines is 1. The number of nitrogens with zero attached hydrogens (tertiary/aromatic N) is 1. The molecular formula is C27H32N2. The number of rotatable bonds is 9. The first-order valence-electron chi connectivity index (χ1n) is 10.5. The summed E-state index contributed by atoms with van der Waals surface area (Å²) in [6, 6.07) is 17.1. The zero-order chi connectivity index (χ0) is 20.6. The molecule has 1 aliphatic rings. The average molecular weight is 385 g/mol. The Morgan fingerprint density at radius 3 is 2.69 bits per heavy atom. The molecule has 1 heterocycles. The van der Waals surface area contributed by atoms with Crippen molar-refractivity contribution >= 4 is 11.4 Å². The molecule has 0 radical (unpaired) electrons. The molecule has 2 nitrogen and oxygen atoms in total. The minimum absolute atomic E-state index is 0.901. The lowest BCUT2D eigenvalue weighted by atomic mass is 10.1. The molecule has 0 amide bonds. The van der Waals surface area contributed by atoms with E-state index in [0.29, 0.717) is 0 Å². The van der Waals surface area contributed by atoms with E-state index in [1.807, 2.05) is 0 Å². The largest absolute Gasteiger partial charge is 0.363 e. The fourth-order valence-electron chi connectivity index (χ4n) is 3.80. The Labute approximate surface area is 176 Å². The van der Waals surface area contributed by atoms with E-state index >= 15 is 0 Å². The molecule has 150 valence electrons. The lowest BCUT2D eigenvalue weighted by molar-refractivity contribution is 0.448. The van der Waals surface area contributed by atoms with Gasteiger partial charge in [0.15, 0.2) is 0 Å². The maximum atomic E-state index is 4.34. The first-order valence-corrected chi connectivity index (χ1v) is 10.5. The average Bonchev–Trinajstić information content (AvgIpc) is 3.02. The van der Waals surface area contributed by atoms with Crippen LogP contribution in [0.25, 0.3) is 5.70 Å². The fourth-order valence-corrected chi connectivity index (χ4v) is 3.80. The number of fused-ring (bicyclic) bond motifs is 1. The SMILES string of the molecule is C=C(CCc1ccccc1)Nc1ccc2c(c1)CN(CC(/C=C\C)=C/CC)C2=C. The third-order valence-electron chi connectivity index (χ3n) is 5.26. The van der Waals surface area contributed by atoms with Gasteiger partial charge in [-0.1, -0.05) is 74.7 Å². The lowest BCUT2D eigenvalue weighted by Crippen LogP contribution is -2.17. The Bertz CT molecular complexity index is 919. The van der Waals surface area contributed by atoms with Gasteiger partial charge < -0.3 is 10.2 Å². The van der Waals surface area contributed by atoms with Crippen LogP contribution in [0.1, 0.15) is 43.4 Å². The Morgan fingerprint density at radius 1 is 1.17 bits per heavy atom. The maximum absolute atomic E-state index is 4.34. The molecule has 0 spiro atoms. The first-order chi connectivity index (χ1) is 14.1. The van der Waals surface area contributed by atoms with Crippen LogP contribution in [0.15, 0.2) is 91.2 Å². The molecule has 2 heteroatoms. The van der Waals surface area contributed by atoms with Gasteiger partial charge in [0, 0.05) is 35.7 Å². The highest BCUT2D eigenvalue weighted by atomic mass is 15.2. The lowest BCUT2D eigenvalue weighted by Gasteiger charge is -2.20. The number of hydrogen-bond donors (Lipinski definition) is 1. The number of allylic oxidation sites excluding steroid dienone is 3. The van der Waals surface area contributed by atoms with Gasteiger partial charge in [-0.05, 0) is 55.0 Å². The van der Waals surface area contributed by atoms with Crippen molar-refractivity contribution < 1.29 is 0 Å². The molecule has 2 aromatic rings. The molecule has 1 N–H and O–H groups in total. The van der Waals surface area contributed by atoms with Crippen LogP contribution in [0, 0.1) is 0 Å². The van der Waals surface area contributed by atoms with Gasteiger partial charge in [-0.15, -0.1) is 0 Å². The van der Waals surface area contributed by atoms with Crippen LogP contribution in [0.2, 0.25) is 0 Å². The van der Waals surface area contributed by atoms with Crippen LogP contribution in [-0.2, 0) is 13.0 Å². The van der Waals surface area contributed by atoms with Crippen molar-refractivity contribution in [3.05, 3.63) is 108 Å². The minimum atomic E-state index is 0.901. The quantitative estimate of drug-likeness (QED) is 0.471. The first kappa shape index (κ1) is 20.7. The summed E-state index contributed by atoms with van der Waals surface area (Å²) in [5, 5.41) is 3.49. The second-order valence-electron chi connectivity index (χ2n) is 7.58. The van der Waals surface area contributed by atoms with Gasteiger partial charge in [0.1, 0.15) is 0 Å². The molecule has 0 unspecified atom stereocenters. The molecule has 0 saturated heterocycles. The van der Waals surface area contributed by atoms with E-state index in [-0.39, 0.29) is 0 Å². The second kappa shape index (κ2) is 9.97. The highest BCUT2D eigenvalue weighted by Gasteiger charge is 2.22. The fraction of sp³-hybridized carbons (Fsp3) is 0.259. The van der Waals surface area contributed by atoms with Crippen LogP contribution in [0.5, 0.6) is 0 Å². The van der Waals surface area contributed by atoms with E-state index in [2.05, 4.69) is 104 Å². The highest BCUT2D eigenvalue weighted by molar-refractivity contribution is 5.72. The van der Waals surface area contributed by atoms with E-state index in [0.717, 1.165) is 49.4 Å². The Morgan fingerprint density at radius 2 is 1.97 bits per heavy atom. The maximum Gasteiger partial charge on any atom is 0.0440 e. The normalized spacial score (nSPS) is 13.8. The smallest absolute Gasteiger partial charge is 0.0440 e. The highest BCUT2D eigenvalue weighted by Crippen LogP contribution is 2.34. The summed E-state index contributed by atoms with van der Waals surface area (Å²) >= 11 is 0. The van der Waals surface area contributed by atoms with Gasteiger partial charge in [-0.25, -0.2) is 0 Å². The molecule has 1 aliphatic heterocycles. The molecule has 3 rings (SSSR count). The zero-order valence-electron chi connectivity index (χ0n) is 17.7. The Balaban J connectivity index is 1.61. The third-order valence-corrected chi connectivity index (χ3v) is 5.26. The third kappa shape index (κ3) is 5.51. The summed E-state index contributed by atoms with van der Waals surface area (Å²) in [5.74, 6) is 0. The molecule has 0 aromatic heterocycles. The molecule has 0 aliphatic carbocycles. The van der Waals surface area contributed by atoms with Crippen molar-refractivity contribution in [2.45, 2.75) is 39.7 Å². The van der Waals surface area contributed by atoms with E-state index in [1.165, 1.54) is 22.3 Å². The molecular weight excluding hydrogens is 352 g/mol. The van der Waals surface area contributed by atoms with Crippen molar-refractivity contribution in [1.29, 1.82) is 0 Å². The summed E-state index contributed by atoms with van der Waals surface area (Å²) in [7, 11) is 0. The van der Waals surface area contributed by atoms with Crippen molar-refractivity contribution in [1.82, 2.24) is 4.90 Å². The monoisotopic (exact) mass is 384 g/mol. The summed E-state index contributed by atoms with van der Waals surface area (Å²) in [6.07, 6.45) is 9.57. The number of nitrogens with one attached hydrogen (secondary N) is 1. The number of benzene rings is 2. The number of hydrogen-bond acceptors (Lipinski definition) is 2. The molecule has 0 saturated carbocycles. The van der Waals surface area contributed by atoms with E-state index in [4.69, 9.17) is 0 Å². The van der Waals surface area contributed by atoms with Crippen LogP contribution in [0.4, 0.5) is 5.69 Å². The molecule has 0 bridgehead atoms. The zero-order valence-corrected chi connectivity index (χ0v) is 17.7. The van der Waals surface area contributed by atoms with Crippen molar-refractivity contribution in [3.63, 3.8) is 0 Å². The minimum Gasteiger partial charge on any atom is -0.363 e. The van der Waals surface area contributed by atoms with E-state index < -0.39 is 0 Å². The van der Waals surface area contributed by atoms with Crippen LogP contribution in [0.3, 0.4) is 0 Å². The molecule has 0 atom stereocenters. The molecule has 2 aromatic carbocycles. The summed E-state index contributed by atoms with van der Waals surface area (Å²) in [4.78, 5) is 2.36. The molecule has 29 heavy (non-hydrogen) atoms. The van der Waals surface area contributed by atoms with Crippen molar-refractivity contribution in [3.8, 4) is 0 Å². The topological polar surface area (TPSA) is 15.3 Å². The van der Waals surface area contributed by atoms with E-state index in [1.54, 1.807) is 0 Å². The summed E-state index contributed by atoms with van der Waals surface area (Å²) in [6.45, 7) is 14.6. The van der Waals surface area contributed by atoms with Crippen LogP contribution < -0.4 is 5.32 Å². The predicted octanol–water partition coefficient (Wildman–Crippen LogP) is 6.94. The van der Waals surface area contributed by atoms with Gasteiger partial charge in [0.2, 0.25) is 0 Å². The van der Waals surface area contributed by atoms with Crippen LogP contribution >= 0.6 is 0 Å². The molecule has 0 fully saturated rings. The standard InChI is InChI=1S/C27H32N2/c1-5-10-24(11-6-2)19-29-20-25-18-26(16-17-27(25)22(29)4)28-21(3)14-15-23-12-8-7-9-13-23/h5,7-13,16-18,28H,3-4,6,14-15,19-20H2,1-2H3/b10-5-,24-11+. The van der Waals surface area contributed by atoms with Gasteiger partial charge in [-0.3, -0.25) is 0 Å². The Kier molecular flexibility index (Phi) is 7.13. The van der Waals surface area contributed by atoms with Gasteiger partial charge in [-0.2, -0.15) is 0 Å². The van der Waals surface area contributed by atoms with Gasteiger partial charge in [0.25, 0.3) is 0 Å². The summed E-state index contributed by atoms with van der Waals surface area (Å²) < 4.78 is 0.